The molecule has 1 aliphatic rings. The van der Waals surface area contributed by atoms with Crippen molar-refractivity contribution in [2.45, 2.75) is 0 Å². The molecule has 0 aromatic heterocycles. The fourth-order valence-electron chi connectivity index (χ4n) is 1.82. The van der Waals surface area contributed by atoms with Crippen LogP contribution in [0.2, 0.25) is 0 Å². The van der Waals surface area contributed by atoms with Crippen molar-refractivity contribution in [1.29, 1.82) is 0 Å². The summed E-state index contributed by atoms with van der Waals surface area (Å²) in [6.07, 6.45) is 0. The summed E-state index contributed by atoms with van der Waals surface area (Å²) in [4.78, 5) is 5.36. The fraction of sp³-hybridized carbons (Fsp3) is 0.417. The molecule has 0 bridgehead atoms. The molecule has 1 fully saturated rings. The zero-order valence-corrected chi connectivity index (χ0v) is 8.86. The smallest absolute Gasteiger partial charge is 0.191 e. The number of nitrogens with one attached hydrogen (secondary N) is 1. The van der Waals surface area contributed by atoms with Crippen molar-refractivity contribution in [1.82, 2.24) is 5.32 Å². The zero-order chi connectivity index (χ0) is 13.9. The number of hydrogen-bond donors (Lipinski definition) is 1. The van der Waals surface area contributed by atoms with Crippen molar-refractivity contribution in [2.24, 2.45) is 0 Å². The Labute approximate surface area is 99.9 Å². The van der Waals surface area contributed by atoms with Gasteiger partial charge in [-0.2, -0.15) is 0 Å². The van der Waals surface area contributed by atoms with Gasteiger partial charge in [-0.3, -0.25) is 0 Å². The minimum atomic E-state index is -2.51. The maximum absolute atomic E-state index is 7.21. The summed E-state index contributed by atoms with van der Waals surface area (Å²) in [5.41, 5.74) is 1.10. The molecule has 1 aromatic rings. The Morgan fingerprint density at radius 1 is 1.50 bits per heavy atom. The number of methoxy groups -OCH3 is 1. The second-order valence-electron chi connectivity index (χ2n) is 3.60. The van der Waals surface area contributed by atoms with Crippen LogP contribution in [0.3, 0.4) is 0 Å². The van der Waals surface area contributed by atoms with Crippen molar-refractivity contribution >= 4 is 11.4 Å². The van der Waals surface area contributed by atoms with E-state index in [1.54, 1.807) is 12.1 Å². The second-order valence-corrected chi connectivity index (χ2v) is 3.60. The van der Waals surface area contributed by atoms with Crippen molar-refractivity contribution in [3.05, 3.63) is 29.6 Å². The highest BCUT2D eigenvalue weighted by molar-refractivity contribution is 5.65. The third kappa shape index (κ3) is 2.10. The van der Waals surface area contributed by atoms with Crippen LogP contribution in [0.25, 0.3) is 4.85 Å². The molecule has 0 aliphatic carbocycles. The van der Waals surface area contributed by atoms with E-state index in [4.69, 9.17) is 15.4 Å². The first kappa shape index (κ1) is 7.53. The predicted molar refractivity (Wildman–Crippen MR) is 64.3 cm³/mol. The third-order valence-electron chi connectivity index (χ3n) is 2.64. The van der Waals surface area contributed by atoms with Crippen molar-refractivity contribution < 1.29 is 8.85 Å². The molecule has 1 saturated heterocycles. The van der Waals surface area contributed by atoms with E-state index >= 15 is 0 Å². The van der Waals surface area contributed by atoms with E-state index in [9.17, 15) is 0 Å². The lowest BCUT2D eigenvalue weighted by Gasteiger charge is -2.30. The summed E-state index contributed by atoms with van der Waals surface area (Å²) in [5.74, 6) is 0.246. The van der Waals surface area contributed by atoms with Crippen LogP contribution in [-0.2, 0) is 0 Å². The SMILES string of the molecule is [2H]C([2H])([2H])Oc1cc([N+]#[C-])ccc1N1CCNCC1. The van der Waals surface area contributed by atoms with Gasteiger partial charge in [-0.1, -0.05) is 6.07 Å². The molecule has 0 saturated carbocycles. The van der Waals surface area contributed by atoms with Gasteiger partial charge in [0, 0.05) is 26.2 Å². The summed E-state index contributed by atoms with van der Waals surface area (Å²) in [6, 6.07) is 4.91. The summed E-state index contributed by atoms with van der Waals surface area (Å²) in [5, 5.41) is 3.23. The van der Waals surface area contributed by atoms with Crippen LogP contribution < -0.4 is 15.0 Å². The van der Waals surface area contributed by atoms with Crippen molar-refractivity contribution in [2.75, 3.05) is 38.1 Å². The van der Waals surface area contributed by atoms with E-state index in [1.807, 2.05) is 0 Å². The van der Waals surface area contributed by atoms with Gasteiger partial charge in [0.2, 0.25) is 0 Å². The molecule has 1 aromatic carbocycles. The van der Waals surface area contributed by atoms with Gasteiger partial charge in [0.25, 0.3) is 0 Å². The van der Waals surface area contributed by atoms with Crippen LogP contribution in [0.15, 0.2) is 18.2 Å². The van der Waals surface area contributed by atoms with Crippen molar-refractivity contribution in [3.8, 4) is 5.75 Å². The van der Waals surface area contributed by atoms with Crippen LogP contribution >= 0.6 is 0 Å². The Morgan fingerprint density at radius 3 is 3.00 bits per heavy atom. The molecule has 0 atom stereocenters. The molecule has 1 aliphatic heterocycles. The lowest BCUT2D eigenvalue weighted by molar-refractivity contribution is 0.413. The second kappa shape index (κ2) is 4.86. The van der Waals surface area contributed by atoms with Gasteiger partial charge in [0.15, 0.2) is 5.69 Å². The fourth-order valence-corrected chi connectivity index (χ4v) is 1.82. The van der Waals surface area contributed by atoms with E-state index in [2.05, 4.69) is 15.1 Å². The molecule has 1 N–H and O–H groups in total. The third-order valence-corrected chi connectivity index (χ3v) is 2.64. The van der Waals surface area contributed by atoms with E-state index in [-0.39, 0.29) is 5.75 Å². The van der Waals surface area contributed by atoms with Crippen LogP contribution in [0.4, 0.5) is 11.4 Å². The Morgan fingerprint density at radius 2 is 2.31 bits per heavy atom. The quantitative estimate of drug-likeness (QED) is 0.768. The Kier molecular flexibility index (Phi) is 2.29. The molecule has 1 heterocycles. The minimum absolute atomic E-state index is 0.246. The molecule has 4 nitrogen and oxygen atoms in total. The predicted octanol–water partition coefficient (Wildman–Crippen LogP) is 1.66. The maximum atomic E-state index is 7.21. The summed E-state index contributed by atoms with van der Waals surface area (Å²) < 4.78 is 26.7. The number of benzene rings is 1. The number of piperazine rings is 1. The highest BCUT2D eigenvalue weighted by Gasteiger charge is 2.14. The van der Waals surface area contributed by atoms with E-state index in [0.717, 1.165) is 31.9 Å². The first-order valence-corrected chi connectivity index (χ1v) is 5.16. The zero-order valence-electron chi connectivity index (χ0n) is 11.9. The molecule has 4 heteroatoms. The lowest BCUT2D eigenvalue weighted by Crippen LogP contribution is -2.43. The molecule has 0 amide bonds. The van der Waals surface area contributed by atoms with E-state index in [0.29, 0.717) is 5.69 Å². The first-order valence-electron chi connectivity index (χ1n) is 6.66. The monoisotopic (exact) mass is 220 g/mol. The molecule has 0 radical (unpaired) electrons. The molecule has 84 valence electrons. The standard InChI is InChI=1S/C12H15N3O/c1-13-10-3-4-11(12(9-10)16-2)15-7-5-14-6-8-15/h3-4,9,14H,5-8H2,2H3/i2D3. The molecule has 0 spiro atoms. The summed E-state index contributed by atoms with van der Waals surface area (Å²) in [7, 11) is -2.51. The van der Waals surface area contributed by atoms with Crippen LogP contribution in [0.5, 0.6) is 5.75 Å². The average Bonchev–Trinajstić information content (AvgIpc) is 2.38. The number of nitrogens with zero attached hydrogens (tertiary/aromatic N) is 2. The van der Waals surface area contributed by atoms with Gasteiger partial charge in [-0.25, -0.2) is 4.85 Å². The summed E-state index contributed by atoms with van der Waals surface area (Å²) in [6.45, 7) is 10.3. The van der Waals surface area contributed by atoms with Gasteiger partial charge in [0.1, 0.15) is 5.75 Å². The number of rotatable bonds is 2. The maximum Gasteiger partial charge on any atom is 0.191 e. The topological polar surface area (TPSA) is 28.9 Å². The highest BCUT2D eigenvalue weighted by Crippen LogP contribution is 2.32. The van der Waals surface area contributed by atoms with Crippen molar-refractivity contribution in [3.63, 3.8) is 0 Å². The van der Waals surface area contributed by atoms with Crippen LogP contribution in [0.1, 0.15) is 4.11 Å². The highest BCUT2D eigenvalue weighted by atomic mass is 16.5. The molecular weight excluding hydrogens is 202 g/mol. The van der Waals surface area contributed by atoms with Gasteiger partial charge in [-0.05, 0) is 12.1 Å². The average molecular weight is 220 g/mol. The van der Waals surface area contributed by atoms with E-state index < -0.39 is 7.04 Å². The van der Waals surface area contributed by atoms with Crippen LogP contribution in [0, 0.1) is 6.57 Å². The molecule has 0 unspecified atom stereocenters. The normalized spacial score (nSPS) is 19.2. The van der Waals surface area contributed by atoms with Crippen LogP contribution in [-0.4, -0.2) is 33.2 Å². The molecular formula is C12H15N3O. The van der Waals surface area contributed by atoms with Gasteiger partial charge < -0.3 is 15.0 Å². The molecule has 16 heavy (non-hydrogen) atoms. The van der Waals surface area contributed by atoms with E-state index in [1.165, 1.54) is 6.07 Å². The number of ether oxygens (including phenoxy) is 1. The number of anilines is 1. The van der Waals surface area contributed by atoms with Gasteiger partial charge >= 0.3 is 0 Å². The Hall–Kier alpha value is -1.73. The lowest BCUT2D eigenvalue weighted by atomic mass is 10.2. The number of hydrogen-bond acceptors (Lipinski definition) is 3. The summed E-state index contributed by atoms with van der Waals surface area (Å²) >= 11 is 0. The Bertz CT molecular complexity index is 490. The first-order chi connectivity index (χ1) is 8.99. The minimum Gasteiger partial charge on any atom is -0.496 e. The van der Waals surface area contributed by atoms with Gasteiger partial charge in [-0.15, -0.1) is 0 Å². The van der Waals surface area contributed by atoms with Gasteiger partial charge in [0.05, 0.1) is 23.4 Å². The Balaban J connectivity index is 2.33. The molecule has 2 rings (SSSR count). The largest absolute Gasteiger partial charge is 0.496 e.